The normalized spacial score (nSPS) is 9.00. The van der Waals surface area contributed by atoms with Crippen LogP contribution in [0.25, 0.3) is 0 Å². The summed E-state index contributed by atoms with van der Waals surface area (Å²) in [6.07, 6.45) is 0.728. The zero-order valence-electron chi connectivity index (χ0n) is 5.42. The second-order valence-corrected chi connectivity index (χ2v) is 2.82. The van der Waals surface area contributed by atoms with Crippen LogP contribution in [0.3, 0.4) is 0 Å². The van der Waals surface area contributed by atoms with Crippen molar-refractivity contribution < 1.29 is 9.59 Å². The third-order valence-corrected chi connectivity index (χ3v) is 1.71. The molecule has 0 aliphatic carbocycles. The van der Waals surface area contributed by atoms with Crippen LogP contribution < -0.4 is 0 Å². The third kappa shape index (κ3) is 5.56. The van der Waals surface area contributed by atoms with Gasteiger partial charge in [0.15, 0.2) is 0 Å². The quantitative estimate of drug-likeness (QED) is 0.427. The molecule has 0 N–H and O–H groups in total. The van der Waals surface area contributed by atoms with E-state index < -0.39 is 0 Å². The predicted octanol–water partition coefficient (Wildman–Crippen LogP) is 0.898. The molecular formula is C6H10O2S. The summed E-state index contributed by atoms with van der Waals surface area (Å²) in [6.45, 7) is 1.98. The molecular weight excluding hydrogens is 136 g/mol. The minimum absolute atomic E-state index is 0.0249. The lowest BCUT2D eigenvalue weighted by atomic mass is 10.3. The van der Waals surface area contributed by atoms with Gasteiger partial charge < -0.3 is 4.79 Å². The second kappa shape index (κ2) is 5.82. The summed E-state index contributed by atoms with van der Waals surface area (Å²) in [5.41, 5.74) is 0. The fraction of sp³-hybridized carbons (Fsp3) is 0.667. The van der Waals surface area contributed by atoms with Gasteiger partial charge in [-0.1, -0.05) is 6.92 Å². The van der Waals surface area contributed by atoms with Gasteiger partial charge in [0, 0.05) is 0 Å². The SMILES string of the molecule is CCSCC(=O)CC=O. The molecule has 0 spiro atoms. The standard InChI is InChI=1S/C6H10O2S/c1-2-9-5-6(8)3-4-7/h4H,2-3,5H2,1H3. The molecule has 0 atom stereocenters. The Labute approximate surface area is 59.0 Å². The first-order chi connectivity index (χ1) is 4.31. The highest BCUT2D eigenvalue weighted by Crippen LogP contribution is 1.98. The van der Waals surface area contributed by atoms with Crippen molar-refractivity contribution in [2.75, 3.05) is 11.5 Å². The van der Waals surface area contributed by atoms with Gasteiger partial charge in [0.2, 0.25) is 0 Å². The first-order valence-corrected chi connectivity index (χ1v) is 3.99. The molecule has 0 aliphatic heterocycles. The van der Waals surface area contributed by atoms with Gasteiger partial charge in [0.05, 0.1) is 12.2 Å². The number of Topliss-reactive ketones (excluding diaryl/α,β-unsaturated/α-hetero) is 1. The Morgan fingerprint density at radius 2 is 2.33 bits per heavy atom. The summed E-state index contributed by atoms with van der Waals surface area (Å²) in [5, 5.41) is 0. The number of hydrogen-bond acceptors (Lipinski definition) is 3. The Hall–Kier alpha value is -0.310. The Bertz CT molecular complexity index is 101. The van der Waals surface area contributed by atoms with E-state index in [4.69, 9.17) is 0 Å². The molecule has 0 aliphatic rings. The molecule has 0 aromatic heterocycles. The largest absolute Gasteiger partial charge is 0.303 e. The first kappa shape index (κ1) is 8.69. The lowest BCUT2D eigenvalue weighted by Crippen LogP contribution is -2.01. The average Bonchev–Trinajstić information content (AvgIpc) is 1.85. The lowest BCUT2D eigenvalue weighted by molar-refractivity contribution is -0.120. The van der Waals surface area contributed by atoms with Crippen LogP contribution in [0.2, 0.25) is 0 Å². The van der Waals surface area contributed by atoms with Crippen LogP contribution in [-0.2, 0) is 9.59 Å². The Morgan fingerprint density at radius 3 is 2.78 bits per heavy atom. The van der Waals surface area contributed by atoms with Crippen molar-refractivity contribution >= 4 is 23.8 Å². The smallest absolute Gasteiger partial charge is 0.149 e. The lowest BCUT2D eigenvalue weighted by Gasteiger charge is -1.91. The van der Waals surface area contributed by atoms with Gasteiger partial charge in [0.25, 0.3) is 0 Å². The second-order valence-electron chi connectivity index (χ2n) is 1.55. The highest BCUT2D eigenvalue weighted by atomic mass is 32.2. The fourth-order valence-electron chi connectivity index (χ4n) is 0.368. The van der Waals surface area contributed by atoms with Crippen LogP contribution in [-0.4, -0.2) is 23.6 Å². The molecule has 0 heterocycles. The maximum Gasteiger partial charge on any atom is 0.149 e. The molecule has 0 saturated heterocycles. The summed E-state index contributed by atoms with van der Waals surface area (Å²) in [5.74, 6) is 1.44. The molecule has 52 valence electrons. The maximum absolute atomic E-state index is 10.5. The fourth-order valence-corrected chi connectivity index (χ4v) is 0.917. The van der Waals surface area contributed by atoms with Crippen molar-refractivity contribution in [3.63, 3.8) is 0 Å². The van der Waals surface area contributed by atoms with Crippen LogP contribution >= 0.6 is 11.8 Å². The van der Waals surface area contributed by atoms with Crippen molar-refractivity contribution in [3.8, 4) is 0 Å². The molecule has 0 saturated carbocycles. The van der Waals surface area contributed by atoms with Crippen LogP contribution in [0.5, 0.6) is 0 Å². The number of carbonyl (C=O) groups excluding carboxylic acids is 2. The van der Waals surface area contributed by atoms with Gasteiger partial charge in [-0.25, -0.2) is 0 Å². The van der Waals surface area contributed by atoms with Crippen LogP contribution in [0.4, 0.5) is 0 Å². The molecule has 0 aromatic rings. The molecule has 0 unspecified atom stereocenters. The number of hydrogen-bond donors (Lipinski definition) is 0. The molecule has 0 rings (SSSR count). The number of aldehydes is 1. The molecule has 2 nitrogen and oxygen atoms in total. The summed E-state index contributed by atoms with van der Waals surface area (Å²) in [7, 11) is 0. The minimum atomic E-state index is 0.0249. The van der Waals surface area contributed by atoms with E-state index in [0.717, 1.165) is 5.75 Å². The van der Waals surface area contributed by atoms with Crippen molar-refractivity contribution in [2.24, 2.45) is 0 Å². The topological polar surface area (TPSA) is 34.1 Å². The molecule has 0 radical (unpaired) electrons. The zero-order chi connectivity index (χ0) is 7.11. The first-order valence-electron chi connectivity index (χ1n) is 2.84. The highest BCUT2D eigenvalue weighted by Gasteiger charge is 1.97. The Balaban J connectivity index is 3.16. The molecule has 0 bridgehead atoms. The van der Waals surface area contributed by atoms with E-state index in [9.17, 15) is 9.59 Å². The van der Waals surface area contributed by atoms with E-state index in [-0.39, 0.29) is 12.2 Å². The molecule has 3 heteroatoms. The number of ketones is 1. The van der Waals surface area contributed by atoms with E-state index in [2.05, 4.69) is 0 Å². The van der Waals surface area contributed by atoms with E-state index >= 15 is 0 Å². The highest BCUT2D eigenvalue weighted by molar-refractivity contribution is 7.99. The molecule has 0 amide bonds. The van der Waals surface area contributed by atoms with Crippen molar-refractivity contribution in [3.05, 3.63) is 0 Å². The summed E-state index contributed by atoms with van der Waals surface area (Å²) in [6, 6.07) is 0. The van der Waals surface area contributed by atoms with Crippen LogP contribution in [0, 0.1) is 0 Å². The number of carbonyl (C=O) groups is 2. The molecule has 0 aromatic carbocycles. The van der Waals surface area contributed by atoms with E-state index in [0.29, 0.717) is 12.0 Å². The Kier molecular flexibility index (Phi) is 5.62. The van der Waals surface area contributed by atoms with E-state index in [1.54, 1.807) is 11.8 Å². The monoisotopic (exact) mass is 146 g/mol. The van der Waals surface area contributed by atoms with Gasteiger partial charge in [0.1, 0.15) is 12.1 Å². The van der Waals surface area contributed by atoms with Gasteiger partial charge in [-0.3, -0.25) is 4.79 Å². The number of thioether (sulfide) groups is 1. The van der Waals surface area contributed by atoms with Crippen molar-refractivity contribution in [1.82, 2.24) is 0 Å². The van der Waals surface area contributed by atoms with Gasteiger partial charge >= 0.3 is 0 Å². The van der Waals surface area contributed by atoms with Gasteiger partial charge in [-0.2, -0.15) is 11.8 Å². The van der Waals surface area contributed by atoms with E-state index in [1.165, 1.54) is 0 Å². The third-order valence-electron chi connectivity index (χ3n) is 0.778. The molecule has 9 heavy (non-hydrogen) atoms. The summed E-state index contributed by atoms with van der Waals surface area (Å²) in [4.78, 5) is 20.3. The number of rotatable bonds is 5. The van der Waals surface area contributed by atoms with Crippen molar-refractivity contribution in [2.45, 2.75) is 13.3 Å². The van der Waals surface area contributed by atoms with Crippen LogP contribution in [0.1, 0.15) is 13.3 Å². The van der Waals surface area contributed by atoms with Crippen LogP contribution in [0.15, 0.2) is 0 Å². The maximum atomic E-state index is 10.5. The summed E-state index contributed by atoms with van der Waals surface area (Å²) >= 11 is 1.55. The molecule has 0 fully saturated rings. The predicted molar refractivity (Wildman–Crippen MR) is 38.7 cm³/mol. The summed E-state index contributed by atoms with van der Waals surface area (Å²) < 4.78 is 0. The van der Waals surface area contributed by atoms with Crippen molar-refractivity contribution in [1.29, 1.82) is 0 Å². The minimum Gasteiger partial charge on any atom is -0.303 e. The van der Waals surface area contributed by atoms with Gasteiger partial charge in [-0.05, 0) is 5.75 Å². The average molecular weight is 146 g/mol. The Morgan fingerprint density at radius 1 is 1.67 bits per heavy atom. The zero-order valence-corrected chi connectivity index (χ0v) is 6.24. The van der Waals surface area contributed by atoms with E-state index in [1.807, 2.05) is 6.92 Å². The van der Waals surface area contributed by atoms with Gasteiger partial charge in [-0.15, -0.1) is 0 Å².